The fourth-order valence-corrected chi connectivity index (χ4v) is 4.53. The zero-order valence-electron chi connectivity index (χ0n) is 21.0. The van der Waals surface area contributed by atoms with Crippen LogP contribution in [0.25, 0.3) is 11.1 Å². The Labute approximate surface area is 207 Å². The Morgan fingerprint density at radius 2 is 1.49 bits per heavy atom. The standard InChI is InChI=1S/C28H36N2O5/c1-27(2,14-13-25(32)33)15-16-29-24(31)17-28(3,4)30-26(34)35-18-23-21-11-7-5-9-19(21)20-10-6-8-12-22(20)23/h5-12,23H,13-18H2,1-4H3,(H,29,31)(H,30,34)(H,32,33). The molecule has 0 aliphatic heterocycles. The van der Waals surface area contributed by atoms with Crippen molar-refractivity contribution < 1.29 is 24.2 Å². The molecule has 3 rings (SSSR count). The van der Waals surface area contributed by atoms with Crippen molar-refractivity contribution in [2.24, 2.45) is 5.41 Å². The van der Waals surface area contributed by atoms with E-state index in [1.807, 2.05) is 38.1 Å². The minimum atomic E-state index is -0.817. The number of fused-ring (bicyclic) bond motifs is 3. The third-order valence-electron chi connectivity index (χ3n) is 6.53. The molecule has 0 saturated carbocycles. The summed E-state index contributed by atoms with van der Waals surface area (Å²) in [5.74, 6) is -1.02. The van der Waals surface area contributed by atoms with Crippen molar-refractivity contribution in [1.82, 2.24) is 10.6 Å². The van der Waals surface area contributed by atoms with Gasteiger partial charge in [0.25, 0.3) is 0 Å². The van der Waals surface area contributed by atoms with Crippen LogP contribution >= 0.6 is 0 Å². The third-order valence-corrected chi connectivity index (χ3v) is 6.53. The second-order valence-corrected chi connectivity index (χ2v) is 10.7. The van der Waals surface area contributed by atoms with Crippen LogP contribution in [0.5, 0.6) is 0 Å². The highest BCUT2D eigenvalue weighted by Gasteiger charge is 2.30. The molecule has 0 saturated heterocycles. The van der Waals surface area contributed by atoms with Crippen molar-refractivity contribution in [3.8, 4) is 11.1 Å². The third kappa shape index (κ3) is 7.31. The van der Waals surface area contributed by atoms with Gasteiger partial charge in [0.15, 0.2) is 0 Å². The summed E-state index contributed by atoms with van der Waals surface area (Å²) in [7, 11) is 0. The Balaban J connectivity index is 1.47. The lowest BCUT2D eigenvalue weighted by molar-refractivity contribution is -0.137. The highest BCUT2D eigenvalue weighted by Crippen LogP contribution is 2.44. The lowest BCUT2D eigenvalue weighted by Gasteiger charge is -2.27. The minimum absolute atomic E-state index is 0.0240. The van der Waals surface area contributed by atoms with Gasteiger partial charge in [-0.1, -0.05) is 62.4 Å². The van der Waals surface area contributed by atoms with Crippen LogP contribution in [0.1, 0.15) is 70.4 Å². The predicted octanol–water partition coefficient (Wildman–Crippen LogP) is 5.09. The topological polar surface area (TPSA) is 105 Å². The highest BCUT2D eigenvalue weighted by atomic mass is 16.5. The first-order valence-electron chi connectivity index (χ1n) is 12.1. The Kier molecular flexibility index (Phi) is 8.20. The highest BCUT2D eigenvalue weighted by molar-refractivity contribution is 5.80. The molecule has 2 aromatic rings. The van der Waals surface area contributed by atoms with Gasteiger partial charge in [-0.15, -0.1) is 0 Å². The predicted molar refractivity (Wildman–Crippen MR) is 135 cm³/mol. The lowest BCUT2D eigenvalue weighted by Crippen LogP contribution is -2.47. The fourth-order valence-electron chi connectivity index (χ4n) is 4.53. The number of ether oxygens (including phenoxy) is 1. The van der Waals surface area contributed by atoms with Crippen molar-refractivity contribution in [1.29, 1.82) is 0 Å². The Morgan fingerprint density at radius 3 is 2.06 bits per heavy atom. The molecule has 7 heteroatoms. The molecular formula is C28H36N2O5. The number of rotatable bonds is 11. The number of carboxylic acid groups (broad SMARTS) is 1. The summed E-state index contributed by atoms with van der Waals surface area (Å²) >= 11 is 0. The van der Waals surface area contributed by atoms with Crippen LogP contribution in [-0.2, 0) is 14.3 Å². The van der Waals surface area contributed by atoms with Crippen molar-refractivity contribution in [3.63, 3.8) is 0 Å². The summed E-state index contributed by atoms with van der Waals surface area (Å²) in [5.41, 5.74) is 3.66. The van der Waals surface area contributed by atoms with Crippen LogP contribution in [0, 0.1) is 5.41 Å². The lowest BCUT2D eigenvalue weighted by atomic mass is 9.84. The molecule has 2 amide bonds. The Bertz CT molecular complexity index is 1030. The fraction of sp³-hybridized carbons (Fsp3) is 0.464. The first-order chi connectivity index (χ1) is 16.5. The Hall–Kier alpha value is -3.35. The largest absolute Gasteiger partial charge is 0.481 e. The number of hydrogen-bond acceptors (Lipinski definition) is 4. The van der Waals surface area contributed by atoms with E-state index in [9.17, 15) is 14.4 Å². The summed E-state index contributed by atoms with van der Waals surface area (Å²) in [4.78, 5) is 35.8. The number of hydrogen-bond donors (Lipinski definition) is 3. The number of carboxylic acids is 1. The maximum absolute atomic E-state index is 12.6. The number of aliphatic carboxylic acids is 1. The molecule has 0 unspecified atom stereocenters. The van der Waals surface area contributed by atoms with Gasteiger partial charge in [0.1, 0.15) is 6.61 Å². The number of amides is 2. The Morgan fingerprint density at radius 1 is 0.914 bits per heavy atom. The molecule has 0 radical (unpaired) electrons. The second kappa shape index (κ2) is 10.9. The normalized spacial score (nSPS) is 13.0. The molecule has 1 aliphatic rings. The van der Waals surface area contributed by atoms with Gasteiger partial charge in [0.05, 0.1) is 0 Å². The van der Waals surface area contributed by atoms with E-state index in [1.54, 1.807) is 13.8 Å². The first-order valence-corrected chi connectivity index (χ1v) is 12.1. The van der Waals surface area contributed by atoms with Crippen molar-refractivity contribution >= 4 is 18.0 Å². The van der Waals surface area contributed by atoms with Crippen molar-refractivity contribution in [2.45, 2.75) is 64.8 Å². The van der Waals surface area contributed by atoms with E-state index in [-0.39, 0.29) is 36.7 Å². The number of carbonyl (C=O) groups excluding carboxylic acids is 2. The van der Waals surface area contributed by atoms with Crippen molar-refractivity contribution in [2.75, 3.05) is 13.2 Å². The van der Waals surface area contributed by atoms with Crippen LogP contribution in [0.4, 0.5) is 4.79 Å². The summed E-state index contributed by atoms with van der Waals surface area (Å²) in [6.45, 7) is 8.21. The van der Waals surface area contributed by atoms with Gasteiger partial charge in [-0.25, -0.2) is 4.79 Å². The minimum Gasteiger partial charge on any atom is -0.481 e. The molecular weight excluding hydrogens is 444 g/mol. The van der Waals surface area contributed by atoms with Gasteiger partial charge < -0.3 is 20.5 Å². The van der Waals surface area contributed by atoms with E-state index in [0.717, 1.165) is 11.1 Å². The van der Waals surface area contributed by atoms with Gasteiger partial charge >= 0.3 is 12.1 Å². The molecule has 0 atom stereocenters. The molecule has 2 aromatic carbocycles. The number of alkyl carbamates (subject to hydrolysis) is 1. The average Bonchev–Trinajstić information content (AvgIpc) is 3.09. The molecule has 188 valence electrons. The second-order valence-electron chi connectivity index (χ2n) is 10.7. The van der Waals surface area contributed by atoms with Crippen LogP contribution < -0.4 is 10.6 Å². The van der Waals surface area contributed by atoms with E-state index >= 15 is 0 Å². The molecule has 3 N–H and O–H groups in total. The van der Waals surface area contributed by atoms with E-state index in [1.165, 1.54) is 11.1 Å². The van der Waals surface area contributed by atoms with Gasteiger partial charge in [0, 0.05) is 30.8 Å². The van der Waals surface area contributed by atoms with Gasteiger partial charge in [-0.05, 0) is 54.4 Å². The van der Waals surface area contributed by atoms with Gasteiger partial charge in [-0.3, -0.25) is 9.59 Å². The quantitative estimate of drug-likeness (QED) is 0.415. The SMILES string of the molecule is CC(C)(CCNC(=O)CC(C)(C)NC(=O)OCC1c2ccccc2-c2ccccc21)CCC(=O)O. The molecule has 7 nitrogen and oxygen atoms in total. The van der Waals surface area contributed by atoms with Crippen LogP contribution in [0.3, 0.4) is 0 Å². The van der Waals surface area contributed by atoms with E-state index in [4.69, 9.17) is 9.84 Å². The summed E-state index contributed by atoms with van der Waals surface area (Å²) in [6, 6.07) is 16.3. The molecule has 0 spiro atoms. The summed E-state index contributed by atoms with van der Waals surface area (Å²) < 4.78 is 5.60. The van der Waals surface area contributed by atoms with Crippen molar-refractivity contribution in [3.05, 3.63) is 59.7 Å². The number of nitrogens with one attached hydrogen (secondary N) is 2. The van der Waals surface area contributed by atoms with E-state index < -0.39 is 17.6 Å². The molecule has 35 heavy (non-hydrogen) atoms. The maximum Gasteiger partial charge on any atom is 0.407 e. The average molecular weight is 481 g/mol. The van der Waals surface area contributed by atoms with Crippen LogP contribution in [0.15, 0.2) is 48.5 Å². The van der Waals surface area contributed by atoms with Gasteiger partial charge in [-0.2, -0.15) is 0 Å². The molecule has 0 heterocycles. The van der Waals surface area contributed by atoms with E-state index in [2.05, 4.69) is 34.9 Å². The zero-order valence-corrected chi connectivity index (χ0v) is 21.0. The van der Waals surface area contributed by atoms with Crippen LogP contribution in [0.2, 0.25) is 0 Å². The van der Waals surface area contributed by atoms with Gasteiger partial charge in [0.2, 0.25) is 5.91 Å². The van der Waals surface area contributed by atoms with E-state index in [0.29, 0.717) is 19.4 Å². The first kappa shape index (κ1) is 26.3. The summed E-state index contributed by atoms with van der Waals surface area (Å²) in [5, 5.41) is 14.5. The maximum atomic E-state index is 12.6. The number of carbonyl (C=O) groups is 3. The molecule has 1 aliphatic carbocycles. The molecule has 0 aromatic heterocycles. The zero-order chi connectivity index (χ0) is 25.6. The smallest absolute Gasteiger partial charge is 0.407 e. The molecule has 0 bridgehead atoms. The monoisotopic (exact) mass is 480 g/mol. The molecule has 0 fully saturated rings. The van der Waals surface area contributed by atoms with Crippen LogP contribution in [-0.4, -0.2) is 41.8 Å². The number of benzene rings is 2. The summed E-state index contributed by atoms with van der Waals surface area (Å²) in [6.07, 6.45) is 0.879.